The number of nitrogens with zero attached hydrogens (tertiary/aromatic N) is 3. The standard InChI is InChI=1S/C10H17N5O3S/c1-10(4-5-19(16,17)6-10)15-8-12-7(11-2)13-9(14-8)18-3/h4-6H2,1-3H3,(H2,11,12,13,14,15). The van der Waals surface area contributed by atoms with Gasteiger partial charge >= 0.3 is 6.01 Å². The van der Waals surface area contributed by atoms with Gasteiger partial charge in [-0.25, -0.2) is 8.42 Å². The highest BCUT2D eigenvalue weighted by molar-refractivity contribution is 7.91. The molecule has 0 spiro atoms. The average molecular weight is 287 g/mol. The van der Waals surface area contributed by atoms with Gasteiger partial charge in [-0.3, -0.25) is 0 Å². The molecule has 1 aromatic rings. The van der Waals surface area contributed by atoms with Crippen molar-refractivity contribution in [1.82, 2.24) is 15.0 Å². The van der Waals surface area contributed by atoms with E-state index in [9.17, 15) is 8.42 Å². The van der Waals surface area contributed by atoms with Crippen LogP contribution >= 0.6 is 0 Å². The molecule has 8 nitrogen and oxygen atoms in total. The molecule has 2 rings (SSSR count). The summed E-state index contributed by atoms with van der Waals surface area (Å²) in [5.74, 6) is 0.912. The summed E-state index contributed by atoms with van der Waals surface area (Å²) in [4.78, 5) is 12.2. The molecule has 1 atom stereocenters. The van der Waals surface area contributed by atoms with E-state index in [0.717, 1.165) is 0 Å². The molecule has 9 heteroatoms. The first-order chi connectivity index (χ1) is 8.86. The Balaban J connectivity index is 2.23. The molecule has 0 saturated carbocycles. The van der Waals surface area contributed by atoms with Crippen LogP contribution in [-0.2, 0) is 9.84 Å². The molecule has 1 saturated heterocycles. The van der Waals surface area contributed by atoms with Gasteiger partial charge in [-0.05, 0) is 13.3 Å². The van der Waals surface area contributed by atoms with Crippen LogP contribution in [0.1, 0.15) is 13.3 Å². The van der Waals surface area contributed by atoms with Crippen molar-refractivity contribution in [2.24, 2.45) is 0 Å². The second-order valence-corrected chi connectivity index (χ2v) is 6.93. The van der Waals surface area contributed by atoms with Crippen molar-refractivity contribution in [1.29, 1.82) is 0 Å². The Kier molecular flexibility index (Phi) is 3.48. The quantitative estimate of drug-likeness (QED) is 0.791. The molecule has 1 aliphatic heterocycles. The average Bonchev–Trinajstić information content (AvgIpc) is 2.62. The molecule has 0 aliphatic carbocycles. The van der Waals surface area contributed by atoms with Crippen molar-refractivity contribution in [3.8, 4) is 6.01 Å². The fourth-order valence-electron chi connectivity index (χ4n) is 1.99. The summed E-state index contributed by atoms with van der Waals surface area (Å²) in [7, 11) is 0.154. The van der Waals surface area contributed by atoms with Gasteiger partial charge in [0, 0.05) is 7.05 Å². The third-order valence-electron chi connectivity index (χ3n) is 2.94. The number of hydrogen-bond acceptors (Lipinski definition) is 8. The molecule has 106 valence electrons. The van der Waals surface area contributed by atoms with Crippen LogP contribution in [0.4, 0.5) is 11.9 Å². The maximum absolute atomic E-state index is 11.6. The van der Waals surface area contributed by atoms with Crippen molar-refractivity contribution >= 4 is 21.7 Å². The largest absolute Gasteiger partial charge is 0.467 e. The van der Waals surface area contributed by atoms with Crippen LogP contribution in [0.15, 0.2) is 0 Å². The van der Waals surface area contributed by atoms with Crippen LogP contribution in [0.25, 0.3) is 0 Å². The first-order valence-electron chi connectivity index (χ1n) is 5.82. The Hall–Kier alpha value is -1.64. The number of methoxy groups -OCH3 is 1. The van der Waals surface area contributed by atoms with Gasteiger partial charge < -0.3 is 15.4 Å². The summed E-state index contributed by atoms with van der Waals surface area (Å²) >= 11 is 0. The van der Waals surface area contributed by atoms with E-state index in [-0.39, 0.29) is 17.5 Å². The predicted octanol–water partition coefficient (Wildman–Crippen LogP) is -0.0890. The molecular formula is C10H17N5O3S. The van der Waals surface area contributed by atoms with E-state index >= 15 is 0 Å². The van der Waals surface area contributed by atoms with E-state index in [1.807, 2.05) is 6.92 Å². The van der Waals surface area contributed by atoms with Crippen molar-refractivity contribution in [3.05, 3.63) is 0 Å². The minimum atomic E-state index is -2.99. The van der Waals surface area contributed by atoms with Crippen LogP contribution in [-0.4, -0.2) is 54.6 Å². The molecule has 0 radical (unpaired) electrons. The van der Waals surface area contributed by atoms with Gasteiger partial charge in [-0.2, -0.15) is 15.0 Å². The maximum atomic E-state index is 11.6. The van der Waals surface area contributed by atoms with Crippen molar-refractivity contribution in [2.75, 3.05) is 36.3 Å². The minimum absolute atomic E-state index is 0.0723. The molecule has 2 heterocycles. The number of hydrogen-bond donors (Lipinski definition) is 2. The van der Waals surface area contributed by atoms with Crippen LogP contribution in [0, 0.1) is 0 Å². The van der Waals surface area contributed by atoms with Crippen LogP contribution in [0.3, 0.4) is 0 Å². The molecule has 1 aliphatic rings. The van der Waals surface area contributed by atoms with Crippen LogP contribution in [0.2, 0.25) is 0 Å². The first kappa shape index (κ1) is 13.8. The number of rotatable bonds is 4. The van der Waals surface area contributed by atoms with Crippen molar-refractivity contribution < 1.29 is 13.2 Å². The lowest BCUT2D eigenvalue weighted by molar-refractivity contribution is 0.379. The zero-order chi connectivity index (χ0) is 14.1. The molecular weight excluding hydrogens is 270 g/mol. The van der Waals surface area contributed by atoms with E-state index in [4.69, 9.17) is 4.74 Å². The van der Waals surface area contributed by atoms with E-state index < -0.39 is 15.4 Å². The summed E-state index contributed by atoms with van der Waals surface area (Å²) in [5.41, 5.74) is -0.559. The van der Waals surface area contributed by atoms with Gasteiger partial charge in [0.05, 0.1) is 24.2 Å². The third-order valence-corrected chi connectivity index (χ3v) is 4.84. The van der Waals surface area contributed by atoms with Crippen molar-refractivity contribution in [2.45, 2.75) is 18.9 Å². The number of sulfone groups is 1. The highest BCUT2D eigenvalue weighted by atomic mass is 32.2. The van der Waals surface area contributed by atoms with Crippen LogP contribution < -0.4 is 15.4 Å². The van der Waals surface area contributed by atoms with E-state index in [2.05, 4.69) is 25.6 Å². The molecule has 1 fully saturated rings. The Bertz CT molecular complexity index is 554. The second kappa shape index (κ2) is 4.80. The highest BCUT2D eigenvalue weighted by Gasteiger charge is 2.39. The first-order valence-corrected chi connectivity index (χ1v) is 7.64. The van der Waals surface area contributed by atoms with Gasteiger partial charge in [-0.1, -0.05) is 0 Å². The smallest absolute Gasteiger partial charge is 0.322 e. The molecule has 2 N–H and O–H groups in total. The summed E-state index contributed by atoms with van der Waals surface area (Å²) in [6.45, 7) is 1.84. The fourth-order valence-corrected chi connectivity index (χ4v) is 4.09. The van der Waals surface area contributed by atoms with E-state index in [0.29, 0.717) is 18.3 Å². The summed E-state index contributed by atoms with van der Waals surface area (Å²) in [5, 5.41) is 5.86. The predicted molar refractivity (Wildman–Crippen MR) is 71.2 cm³/mol. The van der Waals surface area contributed by atoms with Gasteiger partial charge in [-0.15, -0.1) is 0 Å². The summed E-state index contributed by atoms with van der Waals surface area (Å²) in [6, 6.07) is 0.173. The number of nitrogens with one attached hydrogen (secondary N) is 2. The lowest BCUT2D eigenvalue weighted by atomic mass is 10.0. The summed E-state index contributed by atoms with van der Waals surface area (Å²) < 4.78 is 28.1. The third kappa shape index (κ3) is 3.22. The zero-order valence-electron chi connectivity index (χ0n) is 11.1. The lowest BCUT2D eigenvalue weighted by Crippen LogP contribution is -2.36. The Morgan fingerprint density at radius 3 is 2.47 bits per heavy atom. The number of ether oxygens (including phenoxy) is 1. The Morgan fingerprint density at radius 1 is 1.26 bits per heavy atom. The number of anilines is 2. The molecule has 1 aromatic heterocycles. The minimum Gasteiger partial charge on any atom is -0.467 e. The summed E-state index contributed by atoms with van der Waals surface area (Å²) in [6.07, 6.45) is 0.526. The SMILES string of the molecule is CNc1nc(NC2(C)CCS(=O)(=O)C2)nc(OC)n1. The van der Waals surface area contributed by atoms with E-state index in [1.165, 1.54) is 7.11 Å². The molecule has 1 unspecified atom stereocenters. The maximum Gasteiger partial charge on any atom is 0.322 e. The van der Waals surface area contributed by atoms with Crippen molar-refractivity contribution in [3.63, 3.8) is 0 Å². The van der Waals surface area contributed by atoms with E-state index in [1.54, 1.807) is 7.05 Å². The Labute approximate surface area is 111 Å². The molecule has 0 bridgehead atoms. The van der Waals surface area contributed by atoms with Gasteiger partial charge in [0.1, 0.15) is 0 Å². The molecule has 0 amide bonds. The number of aromatic nitrogens is 3. The lowest BCUT2D eigenvalue weighted by Gasteiger charge is -2.23. The van der Waals surface area contributed by atoms with Gasteiger partial charge in [0.2, 0.25) is 11.9 Å². The molecule has 0 aromatic carbocycles. The topological polar surface area (TPSA) is 106 Å². The molecule has 19 heavy (non-hydrogen) atoms. The zero-order valence-corrected chi connectivity index (χ0v) is 11.9. The fraction of sp³-hybridized carbons (Fsp3) is 0.700. The highest BCUT2D eigenvalue weighted by Crippen LogP contribution is 2.26. The monoisotopic (exact) mass is 287 g/mol. The van der Waals surface area contributed by atoms with Gasteiger partial charge in [0.15, 0.2) is 9.84 Å². The Morgan fingerprint density at radius 2 is 1.95 bits per heavy atom. The second-order valence-electron chi connectivity index (χ2n) is 4.75. The normalized spacial score (nSPS) is 25.0. The van der Waals surface area contributed by atoms with Crippen LogP contribution in [0.5, 0.6) is 6.01 Å². The van der Waals surface area contributed by atoms with Gasteiger partial charge in [0.25, 0.3) is 0 Å².